The molecule has 0 unspecified atom stereocenters. The molecular weight excluding hydrogens is 463 g/mol. The third kappa shape index (κ3) is 5.93. The molecule has 176 valence electrons. The maximum absolute atomic E-state index is 12.8. The second-order valence-corrected chi connectivity index (χ2v) is 7.08. The normalized spacial score (nSPS) is 11.4. The zero-order valence-corrected chi connectivity index (χ0v) is 17.8. The SMILES string of the molecule is O=[N+]([O-])c1c(Nc2ccc(N=Nc3ccccc3)cc2)ncnc1Nc1ccc(C(F)(F)F)cc1. The van der Waals surface area contributed by atoms with E-state index < -0.39 is 22.4 Å². The number of aromatic nitrogens is 2. The van der Waals surface area contributed by atoms with Crippen molar-refractivity contribution in [2.75, 3.05) is 10.6 Å². The number of anilines is 4. The summed E-state index contributed by atoms with van der Waals surface area (Å²) in [5.41, 5.74) is 0.639. The Bertz CT molecular complexity index is 1340. The number of rotatable bonds is 7. The summed E-state index contributed by atoms with van der Waals surface area (Å²) in [6.07, 6.45) is -3.39. The van der Waals surface area contributed by atoms with Gasteiger partial charge in [0, 0.05) is 11.4 Å². The van der Waals surface area contributed by atoms with Crippen LogP contribution in [0.1, 0.15) is 5.56 Å². The summed E-state index contributed by atoms with van der Waals surface area (Å²) >= 11 is 0. The fourth-order valence-corrected chi connectivity index (χ4v) is 2.97. The molecule has 0 radical (unpaired) electrons. The van der Waals surface area contributed by atoms with E-state index in [4.69, 9.17) is 0 Å². The summed E-state index contributed by atoms with van der Waals surface area (Å²) < 4.78 is 38.3. The average Bonchev–Trinajstić information content (AvgIpc) is 2.84. The zero-order valence-electron chi connectivity index (χ0n) is 17.8. The van der Waals surface area contributed by atoms with Crippen LogP contribution in [0.25, 0.3) is 0 Å². The molecule has 4 rings (SSSR count). The van der Waals surface area contributed by atoms with Crippen LogP contribution in [-0.4, -0.2) is 14.9 Å². The third-order valence-electron chi connectivity index (χ3n) is 4.65. The number of hydrogen-bond donors (Lipinski definition) is 2. The van der Waals surface area contributed by atoms with Gasteiger partial charge in [-0.1, -0.05) is 18.2 Å². The van der Waals surface area contributed by atoms with Gasteiger partial charge < -0.3 is 10.6 Å². The summed E-state index contributed by atoms with van der Waals surface area (Å²) in [5, 5.41) is 25.5. The van der Waals surface area contributed by atoms with Crippen molar-refractivity contribution >= 4 is 40.1 Å². The Labute approximate surface area is 196 Å². The molecule has 9 nitrogen and oxygen atoms in total. The van der Waals surface area contributed by atoms with Crippen molar-refractivity contribution in [2.24, 2.45) is 10.2 Å². The first-order valence-corrected chi connectivity index (χ1v) is 10.1. The molecule has 12 heteroatoms. The number of hydrogen-bond acceptors (Lipinski definition) is 8. The molecule has 4 aromatic rings. The second kappa shape index (κ2) is 9.95. The number of nitro groups is 1. The van der Waals surface area contributed by atoms with Gasteiger partial charge in [0.2, 0.25) is 11.6 Å². The van der Waals surface area contributed by atoms with Crippen LogP contribution < -0.4 is 10.6 Å². The monoisotopic (exact) mass is 479 g/mol. The molecular formula is C23H16F3N7O2. The zero-order chi connectivity index (χ0) is 24.8. The van der Waals surface area contributed by atoms with Gasteiger partial charge in [0.05, 0.1) is 21.9 Å². The van der Waals surface area contributed by atoms with Gasteiger partial charge >= 0.3 is 11.9 Å². The van der Waals surface area contributed by atoms with E-state index in [1.54, 1.807) is 24.3 Å². The Morgan fingerprint density at radius 1 is 0.743 bits per heavy atom. The maximum atomic E-state index is 12.8. The van der Waals surface area contributed by atoms with Gasteiger partial charge in [-0.3, -0.25) is 10.1 Å². The van der Waals surface area contributed by atoms with E-state index in [1.807, 2.05) is 30.3 Å². The van der Waals surface area contributed by atoms with Gasteiger partial charge in [-0.2, -0.15) is 23.4 Å². The predicted molar refractivity (Wildman–Crippen MR) is 124 cm³/mol. The molecule has 0 spiro atoms. The van der Waals surface area contributed by atoms with E-state index in [0.29, 0.717) is 17.1 Å². The predicted octanol–water partition coefficient (Wildman–Crippen LogP) is 7.31. The van der Waals surface area contributed by atoms with E-state index in [0.717, 1.165) is 30.6 Å². The van der Waals surface area contributed by atoms with Crippen LogP contribution >= 0.6 is 0 Å². The van der Waals surface area contributed by atoms with Crippen molar-refractivity contribution in [1.82, 2.24) is 9.97 Å². The fraction of sp³-hybridized carbons (Fsp3) is 0.0435. The van der Waals surface area contributed by atoms with Crippen molar-refractivity contribution in [2.45, 2.75) is 6.18 Å². The number of nitrogens with zero attached hydrogens (tertiary/aromatic N) is 5. The van der Waals surface area contributed by atoms with Crippen molar-refractivity contribution in [1.29, 1.82) is 0 Å². The number of halogens is 3. The highest BCUT2D eigenvalue weighted by Gasteiger charge is 2.30. The topological polar surface area (TPSA) is 118 Å². The second-order valence-electron chi connectivity index (χ2n) is 7.08. The molecule has 35 heavy (non-hydrogen) atoms. The highest BCUT2D eigenvalue weighted by molar-refractivity contribution is 5.77. The Morgan fingerprint density at radius 3 is 1.71 bits per heavy atom. The summed E-state index contributed by atoms with van der Waals surface area (Å²) in [4.78, 5) is 18.9. The van der Waals surface area contributed by atoms with Gasteiger partial charge in [0.25, 0.3) is 0 Å². The summed E-state index contributed by atoms with van der Waals surface area (Å²) in [5.74, 6) is -0.279. The smallest absolute Gasteiger partial charge is 0.334 e. The molecule has 1 aromatic heterocycles. The minimum atomic E-state index is -4.49. The Kier molecular flexibility index (Phi) is 6.62. The first-order valence-electron chi connectivity index (χ1n) is 10.1. The summed E-state index contributed by atoms with van der Waals surface area (Å²) in [7, 11) is 0. The Hall–Kier alpha value is -4.87. The molecule has 3 aromatic carbocycles. The maximum Gasteiger partial charge on any atom is 0.416 e. The van der Waals surface area contributed by atoms with E-state index in [-0.39, 0.29) is 17.3 Å². The molecule has 0 saturated carbocycles. The van der Waals surface area contributed by atoms with Crippen LogP contribution in [0.3, 0.4) is 0 Å². The van der Waals surface area contributed by atoms with Crippen molar-refractivity contribution < 1.29 is 18.1 Å². The first kappa shape index (κ1) is 23.3. The molecule has 0 aliphatic rings. The summed E-state index contributed by atoms with van der Waals surface area (Å²) in [6.45, 7) is 0. The number of benzene rings is 3. The standard InChI is InChI=1S/C23H16F3N7O2/c24-23(25,26)15-6-8-16(9-7-15)29-21-20(33(34)35)22(28-14-27-21)30-17-10-12-19(13-11-17)32-31-18-4-2-1-3-5-18/h1-14H,(H2,27,28,29,30). The van der Waals surface area contributed by atoms with Crippen molar-refractivity contribution in [3.63, 3.8) is 0 Å². The lowest BCUT2D eigenvalue weighted by Gasteiger charge is -2.11. The quantitative estimate of drug-likeness (QED) is 0.163. The molecule has 0 saturated heterocycles. The molecule has 0 aliphatic heterocycles. The molecule has 0 fully saturated rings. The lowest BCUT2D eigenvalue weighted by Crippen LogP contribution is -2.06. The van der Waals surface area contributed by atoms with E-state index >= 15 is 0 Å². The lowest BCUT2D eigenvalue weighted by atomic mass is 10.2. The van der Waals surface area contributed by atoms with Crippen LogP contribution in [-0.2, 0) is 6.18 Å². The van der Waals surface area contributed by atoms with Crippen LogP contribution in [0.15, 0.2) is 95.4 Å². The lowest BCUT2D eigenvalue weighted by molar-refractivity contribution is -0.383. The molecule has 0 aliphatic carbocycles. The van der Waals surface area contributed by atoms with Gasteiger partial charge in [-0.25, -0.2) is 9.97 Å². The summed E-state index contributed by atoms with van der Waals surface area (Å²) in [6, 6.07) is 19.9. The van der Waals surface area contributed by atoms with E-state index in [2.05, 4.69) is 30.8 Å². The van der Waals surface area contributed by atoms with Crippen molar-refractivity contribution in [3.05, 3.63) is 101 Å². The molecule has 0 amide bonds. The van der Waals surface area contributed by atoms with Gasteiger partial charge in [-0.15, -0.1) is 0 Å². The van der Waals surface area contributed by atoms with Crippen LogP contribution in [0.2, 0.25) is 0 Å². The van der Waals surface area contributed by atoms with Gasteiger partial charge in [0.1, 0.15) is 6.33 Å². The third-order valence-corrected chi connectivity index (χ3v) is 4.65. The van der Waals surface area contributed by atoms with Gasteiger partial charge in [0.15, 0.2) is 0 Å². The molecule has 1 heterocycles. The fourth-order valence-electron chi connectivity index (χ4n) is 2.97. The van der Waals surface area contributed by atoms with Crippen LogP contribution in [0, 0.1) is 10.1 Å². The van der Waals surface area contributed by atoms with E-state index in [9.17, 15) is 23.3 Å². The number of alkyl halides is 3. The van der Waals surface area contributed by atoms with Crippen LogP contribution in [0.4, 0.5) is 53.2 Å². The molecule has 0 bridgehead atoms. The van der Waals surface area contributed by atoms with Crippen molar-refractivity contribution in [3.8, 4) is 0 Å². The number of nitrogens with one attached hydrogen (secondary N) is 2. The molecule has 2 N–H and O–H groups in total. The molecule has 0 atom stereocenters. The Balaban J connectivity index is 1.53. The van der Waals surface area contributed by atoms with E-state index in [1.165, 1.54) is 0 Å². The first-order chi connectivity index (χ1) is 16.8. The average molecular weight is 479 g/mol. The minimum Gasteiger partial charge on any atom is -0.334 e. The van der Waals surface area contributed by atoms with Crippen LogP contribution in [0.5, 0.6) is 0 Å². The Morgan fingerprint density at radius 2 is 1.23 bits per heavy atom. The number of azo groups is 1. The minimum absolute atomic E-state index is 0.0990. The highest BCUT2D eigenvalue weighted by atomic mass is 19.4. The van der Waals surface area contributed by atoms with Gasteiger partial charge in [-0.05, 0) is 60.7 Å². The highest BCUT2D eigenvalue weighted by Crippen LogP contribution is 2.34. The largest absolute Gasteiger partial charge is 0.416 e.